The van der Waals surface area contributed by atoms with Crippen LogP contribution >= 0.6 is 0 Å². The van der Waals surface area contributed by atoms with Crippen LogP contribution in [0.25, 0.3) is 22.7 Å². The van der Waals surface area contributed by atoms with Crippen molar-refractivity contribution in [3.8, 4) is 0 Å². The number of carbonyl (C=O) groups is 1. The van der Waals surface area contributed by atoms with Crippen LogP contribution in [0.1, 0.15) is 44.6 Å². The Morgan fingerprint density at radius 2 is 1.75 bits per heavy atom. The number of para-hydroxylation sites is 2. The summed E-state index contributed by atoms with van der Waals surface area (Å²) in [4.78, 5) is 18.2. The van der Waals surface area contributed by atoms with Gasteiger partial charge in [-0.05, 0) is 48.7 Å². The van der Waals surface area contributed by atoms with Gasteiger partial charge in [0.25, 0.3) is 0 Å². The average molecular weight is 378 g/mol. The maximum Gasteiger partial charge on any atom is 0.308 e. The SMILES string of the molecule is CCCN(CCC)c1ccc(C=C(CC(=O)O)c2nc3ccccc3o2)cc1. The first-order chi connectivity index (χ1) is 13.6. The van der Waals surface area contributed by atoms with Crippen molar-refractivity contribution in [2.75, 3.05) is 18.0 Å². The molecule has 0 aliphatic carbocycles. The van der Waals surface area contributed by atoms with E-state index in [0.29, 0.717) is 17.0 Å². The van der Waals surface area contributed by atoms with Gasteiger partial charge in [0.05, 0.1) is 6.42 Å². The summed E-state index contributed by atoms with van der Waals surface area (Å²) in [5.74, 6) is -0.562. The quantitative estimate of drug-likeness (QED) is 0.535. The van der Waals surface area contributed by atoms with Crippen LogP contribution in [0.3, 0.4) is 0 Å². The third kappa shape index (κ3) is 4.80. The van der Waals surface area contributed by atoms with Gasteiger partial charge in [-0.3, -0.25) is 4.79 Å². The third-order valence-corrected chi connectivity index (χ3v) is 4.50. The van der Waals surface area contributed by atoms with Gasteiger partial charge in [0.15, 0.2) is 5.58 Å². The Bertz CT molecular complexity index is 918. The van der Waals surface area contributed by atoms with E-state index in [0.717, 1.165) is 37.0 Å². The van der Waals surface area contributed by atoms with Crippen molar-refractivity contribution in [2.45, 2.75) is 33.1 Å². The molecule has 3 aromatic rings. The summed E-state index contributed by atoms with van der Waals surface area (Å²) in [7, 11) is 0. The molecule has 3 rings (SSSR count). The lowest BCUT2D eigenvalue weighted by molar-refractivity contribution is -0.135. The second-order valence-electron chi connectivity index (χ2n) is 6.81. The lowest BCUT2D eigenvalue weighted by Crippen LogP contribution is -2.24. The van der Waals surface area contributed by atoms with Crippen molar-refractivity contribution >= 4 is 34.4 Å². The standard InChI is InChI=1S/C23H26N2O3/c1-3-13-25(14-4-2)19-11-9-17(10-12-19)15-18(16-22(26)27)23-24-20-7-5-6-8-21(20)28-23/h5-12,15H,3-4,13-14,16H2,1-2H3,(H,26,27). The van der Waals surface area contributed by atoms with Gasteiger partial charge in [0.1, 0.15) is 5.52 Å². The van der Waals surface area contributed by atoms with Crippen LogP contribution in [0.15, 0.2) is 52.9 Å². The number of benzene rings is 2. The Hall–Kier alpha value is -3.08. The Morgan fingerprint density at radius 1 is 1.07 bits per heavy atom. The minimum atomic E-state index is -0.915. The summed E-state index contributed by atoms with van der Waals surface area (Å²) < 4.78 is 5.78. The molecule has 1 heterocycles. The van der Waals surface area contributed by atoms with E-state index in [9.17, 15) is 9.90 Å². The molecule has 0 aliphatic heterocycles. The molecule has 1 aromatic heterocycles. The molecule has 0 unspecified atom stereocenters. The summed E-state index contributed by atoms with van der Waals surface area (Å²) in [6.45, 7) is 6.41. The smallest absolute Gasteiger partial charge is 0.308 e. The average Bonchev–Trinajstić information content (AvgIpc) is 3.12. The van der Waals surface area contributed by atoms with E-state index in [1.54, 1.807) is 0 Å². The molecule has 0 aliphatic rings. The first kappa shape index (κ1) is 19.7. The van der Waals surface area contributed by atoms with Crippen molar-refractivity contribution in [3.05, 3.63) is 60.0 Å². The Balaban J connectivity index is 1.90. The fourth-order valence-electron chi connectivity index (χ4n) is 3.25. The maximum atomic E-state index is 11.4. The molecule has 5 heteroatoms. The molecule has 28 heavy (non-hydrogen) atoms. The summed E-state index contributed by atoms with van der Waals surface area (Å²) in [5, 5.41) is 9.32. The number of fused-ring (bicyclic) bond motifs is 1. The van der Waals surface area contributed by atoms with Gasteiger partial charge < -0.3 is 14.4 Å². The molecule has 2 aromatic carbocycles. The zero-order chi connectivity index (χ0) is 19.9. The second-order valence-corrected chi connectivity index (χ2v) is 6.81. The fourth-order valence-corrected chi connectivity index (χ4v) is 3.25. The fraction of sp³-hybridized carbons (Fsp3) is 0.304. The summed E-state index contributed by atoms with van der Waals surface area (Å²) >= 11 is 0. The molecule has 0 bridgehead atoms. The molecule has 1 N–H and O–H groups in total. The van der Waals surface area contributed by atoms with Crippen molar-refractivity contribution in [1.29, 1.82) is 0 Å². The molecule has 0 amide bonds. The Kier molecular flexibility index (Phi) is 6.48. The number of nitrogens with zero attached hydrogens (tertiary/aromatic N) is 2. The van der Waals surface area contributed by atoms with E-state index in [2.05, 4.69) is 35.9 Å². The molecule has 0 fully saturated rings. The molecule has 0 spiro atoms. The molecule has 146 valence electrons. The van der Waals surface area contributed by atoms with Crippen LogP contribution < -0.4 is 4.90 Å². The van der Waals surface area contributed by atoms with Crippen molar-refractivity contribution in [3.63, 3.8) is 0 Å². The number of aliphatic carboxylic acids is 1. The lowest BCUT2D eigenvalue weighted by Gasteiger charge is -2.23. The number of aromatic nitrogens is 1. The van der Waals surface area contributed by atoms with Crippen LogP contribution in [0.2, 0.25) is 0 Å². The molecular weight excluding hydrogens is 352 g/mol. The number of rotatable bonds is 9. The van der Waals surface area contributed by atoms with Crippen LogP contribution in [-0.2, 0) is 4.79 Å². The zero-order valence-electron chi connectivity index (χ0n) is 16.4. The van der Waals surface area contributed by atoms with Gasteiger partial charge >= 0.3 is 5.97 Å². The molecular formula is C23H26N2O3. The van der Waals surface area contributed by atoms with E-state index < -0.39 is 5.97 Å². The predicted octanol–water partition coefficient (Wildman–Crippen LogP) is 5.47. The summed E-state index contributed by atoms with van der Waals surface area (Å²) in [5.41, 5.74) is 4.03. The van der Waals surface area contributed by atoms with Gasteiger partial charge in [-0.15, -0.1) is 0 Å². The molecule has 0 saturated heterocycles. The van der Waals surface area contributed by atoms with E-state index in [-0.39, 0.29) is 6.42 Å². The number of carboxylic acid groups (broad SMARTS) is 1. The van der Waals surface area contributed by atoms with Gasteiger partial charge in [-0.2, -0.15) is 0 Å². The highest BCUT2D eigenvalue weighted by Crippen LogP contribution is 2.26. The number of hydrogen-bond acceptors (Lipinski definition) is 4. The number of anilines is 1. The minimum Gasteiger partial charge on any atom is -0.481 e. The Labute approximate surface area is 165 Å². The largest absolute Gasteiger partial charge is 0.481 e. The van der Waals surface area contributed by atoms with E-state index in [1.165, 1.54) is 5.69 Å². The summed E-state index contributed by atoms with van der Waals surface area (Å²) in [6, 6.07) is 15.6. The third-order valence-electron chi connectivity index (χ3n) is 4.50. The van der Waals surface area contributed by atoms with Gasteiger partial charge in [-0.25, -0.2) is 4.98 Å². The zero-order valence-corrected chi connectivity index (χ0v) is 16.4. The molecule has 0 atom stereocenters. The minimum absolute atomic E-state index is 0.146. The van der Waals surface area contributed by atoms with Crippen molar-refractivity contribution in [2.24, 2.45) is 0 Å². The number of oxazole rings is 1. The van der Waals surface area contributed by atoms with Crippen LogP contribution in [0.4, 0.5) is 5.69 Å². The van der Waals surface area contributed by atoms with E-state index in [1.807, 2.05) is 42.5 Å². The Morgan fingerprint density at radius 3 is 2.36 bits per heavy atom. The first-order valence-electron chi connectivity index (χ1n) is 9.74. The number of carboxylic acids is 1. The van der Waals surface area contributed by atoms with Crippen molar-refractivity contribution in [1.82, 2.24) is 4.98 Å². The first-order valence-corrected chi connectivity index (χ1v) is 9.74. The lowest BCUT2D eigenvalue weighted by atomic mass is 10.1. The molecule has 5 nitrogen and oxygen atoms in total. The van der Waals surface area contributed by atoms with E-state index >= 15 is 0 Å². The summed E-state index contributed by atoms with van der Waals surface area (Å²) in [6.07, 6.45) is 3.89. The molecule has 0 saturated carbocycles. The monoisotopic (exact) mass is 378 g/mol. The molecule has 0 radical (unpaired) electrons. The van der Waals surface area contributed by atoms with E-state index in [4.69, 9.17) is 4.42 Å². The topological polar surface area (TPSA) is 66.6 Å². The highest BCUT2D eigenvalue weighted by Gasteiger charge is 2.14. The van der Waals surface area contributed by atoms with Crippen LogP contribution in [0, 0.1) is 0 Å². The highest BCUT2D eigenvalue weighted by molar-refractivity contribution is 5.91. The van der Waals surface area contributed by atoms with Crippen LogP contribution in [0.5, 0.6) is 0 Å². The predicted molar refractivity (Wildman–Crippen MR) is 113 cm³/mol. The maximum absolute atomic E-state index is 11.4. The number of hydrogen-bond donors (Lipinski definition) is 1. The van der Waals surface area contributed by atoms with Gasteiger partial charge in [-0.1, -0.05) is 38.1 Å². The van der Waals surface area contributed by atoms with Gasteiger partial charge in [0.2, 0.25) is 5.89 Å². The van der Waals surface area contributed by atoms with Gasteiger partial charge in [0, 0.05) is 24.4 Å². The van der Waals surface area contributed by atoms with Crippen molar-refractivity contribution < 1.29 is 14.3 Å². The second kappa shape index (κ2) is 9.22. The highest BCUT2D eigenvalue weighted by atomic mass is 16.4. The normalized spacial score (nSPS) is 11.7. The van der Waals surface area contributed by atoms with Crippen LogP contribution in [-0.4, -0.2) is 29.1 Å².